The lowest BCUT2D eigenvalue weighted by atomic mass is 10.1. The first-order valence-corrected chi connectivity index (χ1v) is 10.3. The maximum Gasteiger partial charge on any atom is 0.155 e. The molecular formula is C24H23N7. The van der Waals surface area contributed by atoms with Crippen LogP contribution in [0.25, 0.3) is 28.3 Å². The molecule has 5 aromatic rings. The first-order valence-electron chi connectivity index (χ1n) is 10.3. The fraction of sp³-hybridized carbons (Fsp3) is 0.167. The van der Waals surface area contributed by atoms with E-state index in [9.17, 15) is 0 Å². The third-order valence-electron chi connectivity index (χ3n) is 5.27. The number of nitrogens with zero attached hydrogens (tertiary/aromatic N) is 5. The monoisotopic (exact) mass is 409 g/mol. The quantitative estimate of drug-likeness (QED) is 0.426. The molecule has 1 aromatic carbocycles. The van der Waals surface area contributed by atoms with Crippen molar-refractivity contribution >= 4 is 11.3 Å². The van der Waals surface area contributed by atoms with Crippen molar-refractivity contribution in [1.82, 2.24) is 29.5 Å². The maximum absolute atomic E-state index is 4.91. The molecular weight excluding hydrogens is 386 g/mol. The highest BCUT2D eigenvalue weighted by molar-refractivity contribution is 5.77. The van der Waals surface area contributed by atoms with Gasteiger partial charge in [0.05, 0.1) is 23.6 Å². The molecule has 0 spiro atoms. The Hall–Kier alpha value is -4.00. The van der Waals surface area contributed by atoms with Crippen LogP contribution in [0.15, 0.2) is 67.1 Å². The summed E-state index contributed by atoms with van der Waals surface area (Å²) < 4.78 is 1.75. The second-order valence-corrected chi connectivity index (χ2v) is 7.46. The van der Waals surface area contributed by atoms with Crippen molar-refractivity contribution in [1.29, 1.82) is 0 Å². The standard InChI is InChI=1S/C24H23N7/c1-3-17-7-10-19(11-8-17)25-13-21-29-23(18-9-12-22-26-15-27-31(22)14-18)24(30-21)20-6-4-5-16(2)28-20/h4-12,14-15,25H,3,13H2,1-2H3,(H,29,30). The van der Waals surface area contributed by atoms with Gasteiger partial charge in [0.2, 0.25) is 0 Å². The van der Waals surface area contributed by atoms with Crippen LogP contribution in [0.5, 0.6) is 0 Å². The molecule has 4 aromatic heterocycles. The number of H-pyrrole nitrogens is 1. The Labute approximate surface area is 180 Å². The summed E-state index contributed by atoms with van der Waals surface area (Å²) >= 11 is 0. The van der Waals surface area contributed by atoms with Crippen molar-refractivity contribution in [2.45, 2.75) is 26.8 Å². The molecule has 154 valence electrons. The fourth-order valence-corrected chi connectivity index (χ4v) is 3.58. The Morgan fingerprint density at radius 2 is 1.87 bits per heavy atom. The van der Waals surface area contributed by atoms with E-state index in [4.69, 9.17) is 9.97 Å². The number of hydrogen-bond acceptors (Lipinski definition) is 5. The Balaban J connectivity index is 1.51. The summed E-state index contributed by atoms with van der Waals surface area (Å²) in [6.07, 6.45) is 4.52. The largest absolute Gasteiger partial charge is 0.378 e. The third-order valence-corrected chi connectivity index (χ3v) is 5.27. The van der Waals surface area contributed by atoms with E-state index < -0.39 is 0 Å². The number of fused-ring (bicyclic) bond motifs is 1. The number of hydrogen-bond donors (Lipinski definition) is 2. The average molecular weight is 409 g/mol. The summed E-state index contributed by atoms with van der Waals surface area (Å²) in [7, 11) is 0. The fourth-order valence-electron chi connectivity index (χ4n) is 3.58. The molecule has 7 nitrogen and oxygen atoms in total. The summed E-state index contributed by atoms with van der Waals surface area (Å²) in [6.45, 7) is 4.73. The minimum atomic E-state index is 0.579. The topological polar surface area (TPSA) is 83.8 Å². The Morgan fingerprint density at radius 1 is 1.00 bits per heavy atom. The summed E-state index contributed by atoms with van der Waals surface area (Å²) in [5, 5.41) is 7.71. The molecule has 0 fully saturated rings. The van der Waals surface area contributed by atoms with Crippen LogP contribution in [0.1, 0.15) is 24.0 Å². The molecule has 0 radical (unpaired) electrons. The van der Waals surface area contributed by atoms with Crippen molar-refractivity contribution in [3.8, 4) is 22.6 Å². The van der Waals surface area contributed by atoms with Crippen molar-refractivity contribution in [2.75, 3.05) is 5.32 Å². The van der Waals surface area contributed by atoms with Crippen molar-refractivity contribution in [3.05, 3.63) is 84.2 Å². The zero-order chi connectivity index (χ0) is 21.2. The van der Waals surface area contributed by atoms with Gasteiger partial charge < -0.3 is 10.3 Å². The molecule has 4 heterocycles. The molecule has 0 saturated carbocycles. The molecule has 0 amide bonds. The molecule has 2 N–H and O–H groups in total. The zero-order valence-corrected chi connectivity index (χ0v) is 17.5. The van der Waals surface area contributed by atoms with Crippen LogP contribution in [0.3, 0.4) is 0 Å². The van der Waals surface area contributed by atoms with Crippen LogP contribution in [-0.4, -0.2) is 29.5 Å². The van der Waals surface area contributed by atoms with Gasteiger partial charge in [0.1, 0.15) is 12.2 Å². The number of benzene rings is 1. The van der Waals surface area contributed by atoms with Crippen molar-refractivity contribution < 1.29 is 0 Å². The summed E-state index contributed by atoms with van der Waals surface area (Å²) in [4.78, 5) is 17.3. The second kappa shape index (κ2) is 8.02. The lowest BCUT2D eigenvalue weighted by molar-refractivity contribution is 0.960. The van der Waals surface area contributed by atoms with Crippen LogP contribution in [0.2, 0.25) is 0 Å². The lowest BCUT2D eigenvalue weighted by Crippen LogP contribution is -2.01. The number of imidazole rings is 1. The third kappa shape index (κ3) is 3.90. The van der Waals surface area contributed by atoms with Crippen LogP contribution in [-0.2, 0) is 13.0 Å². The number of aromatic amines is 1. The molecule has 0 aliphatic carbocycles. The van der Waals surface area contributed by atoms with Crippen molar-refractivity contribution in [3.63, 3.8) is 0 Å². The molecule has 0 aliphatic heterocycles. The maximum atomic E-state index is 4.91. The summed E-state index contributed by atoms with van der Waals surface area (Å²) in [5.41, 5.74) is 7.68. The molecule has 5 rings (SSSR count). The van der Waals surface area contributed by atoms with E-state index in [-0.39, 0.29) is 0 Å². The van der Waals surface area contributed by atoms with E-state index >= 15 is 0 Å². The lowest BCUT2D eigenvalue weighted by Gasteiger charge is -2.05. The number of pyridine rings is 2. The SMILES string of the molecule is CCc1ccc(NCc2nc(-c3ccc4ncnn4c3)c(-c3cccc(C)n3)[nH]2)cc1. The Kier molecular flexibility index (Phi) is 4.92. The van der Waals surface area contributed by atoms with E-state index in [1.807, 2.05) is 43.5 Å². The number of aromatic nitrogens is 6. The van der Waals surface area contributed by atoms with Gasteiger partial charge in [-0.15, -0.1) is 0 Å². The van der Waals surface area contributed by atoms with Crippen LogP contribution in [0, 0.1) is 6.92 Å². The van der Waals surface area contributed by atoms with Gasteiger partial charge in [0, 0.05) is 23.1 Å². The zero-order valence-electron chi connectivity index (χ0n) is 17.5. The summed E-state index contributed by atoms with van der Waals surface area (Å²) in [6, 6.07) is 18.4. The van der Waals surface area contributed by atoms with Gasteiger partial charge in [-0.1, -0.05) is 25.1 Å². The number of rotatable bonds is 6. The minimum Gasteiger partial charge on any atom is -0.378 e. The first kappa shape index (κ1) is 19.0. The van der Waals surface area contributed by atoms with Crippen LogP contribution in [0.4, 0.5) is 5.69 Å². The molecule has 0 saturated heterocycles. The van der Waals surface area contributed by atoms with E-state index in [1.54, 1.807) is 10.8 Å². The molecule has 0 atom stereocenters. The molecule has 7 heteroatoms. The highest BCUT2D eigenvalue weighted by Gasteiger charge is 2.16. The predicted octanol–water partition coefficient (Wildman–Crippen LogP) is 4.66. The van der Waals surface area contributed by atoms with Crippen LogP contribution < -0.4 is 5.32 Å². The van der Waals surface area contributed by atoms with Gasteiger partial charge in [-0.3, -0.25) is 4.98 Å². The van der Waals surface area contributed by atoms with E-state index in [0.29, 0.717) is 6.54 Å². The van der Waals surface area contributed by atoms with Gasteiger partial charge in [-0.25, -0.2) is 14.5 Å². The number of anilines is 1. The van der Waals surface area contributed by atoms with Gasteiger partial charge in [-0.05, 0) is 55.3 Å². The van der Waals surface area contributed by atoms with Crippen molar-refractivity contribution in [2.24, 2.45) is 0 Å². The minimum absolute atomic E-state index is 0.579. The predicted molar refractivity (Wildman–Crippen MR) is 122 cm³/mol. The first-order chi connectivity index (χ1) is 15.2. The molecule has 0 unspecified atom stereocenters. The average Bonchev–Trinajstić information content (AvgIpc) is 3.44. The van der Waals surface area contributed by atoms with Gasteiger partial charge >= 0.3 is 0 Å². The normalized spacial score (nSPS) is 11.2. The smallest absolute Gasteiger partial charge is 0.155 e. The summed E-state index contributed by atoms with van der Waals surface area (Å²) in [5.74, 6) is 0.839. The molecule has 0 aliphatic rings. The second-order valence-electron chi connectivity index (χ2n) is 7.46. The van der Waals surface area contributed by atoms with E-state index in [0.717, 1.165) is 51.9 Å². The van der Waals surface area contributed by atoms with Crippen LogP contribution >= 0.6 is 0 Å². The number of aryl methyl sites for hydroxylation is 2. The number of nitrogens with one attached hydrogen (secondary N) is 2. The van der Waals surface area contributed by atoms with E-state index in [1.165, 1.54) is 5.56 Å². The molecule has 31 heavy (non-hydrogen) atoms. The van der Waals surface area contributed by atoms with E-state index in [2.05, 4.69) is 51.6 Å². The van der Waals surface area contributed by atoms with Gasteiger partial charge in [0.25, 0.3) is 0 Å². The van der Waals surface area contributed by atoms with Gasteiger partial charge in [0.15, 0.2) is 5.65 Å². The molecule has 0 bridgehead atoms. The Bertz CT molecular complexity index is 1330. The highest BCUT2D eigenvalue weighted by atomic mass is 15.3. The Morgan fingerprint density at radius 3 is 2.68 bits per heavy atom. The highest BCUT2D eigenvalue weighted by Crippen LogP contribution is 2.29. The van der Waals surface area contributed by atoms with Gasteiger partial charge in [-0.2, -0.15) is 5.10 Å².